The first kappa shape index (κ1) is 57.3. The molecule has 61 heavy (non-hydrogen) atoms. The van der Waals surface area contributed by atoms with Crippen LogP contribution in [0.1, 0.15) is 46.0 Å². The molecule has 0 bridgehead atoms. The van der Waals surface area contributed by atoms with Crippen LogP contribution in [0.25, 0.3) is 0 Å². The molecule has 2 heterocycles. The van der Waals surface area contributed by atoms with Crippen molar-refractivity contribution in [3.8, 4) is 0 Å². The highest BCUT2D eigenvalue weighted by Crippen LogP contribution is 2.26. The number of urea groups is 1. The fourth-order valence-corrected chi connectivity index (χ4v) is 6.55. The van der Waals surface area contributed by atoms with Gasteiger partial charge in [-0.3, -0.25) is 31.1 Å². The predicted octanol–water partition coefficient (Wildman–Crippen LogP) is 3.11. The standard InChI is InChI=1S/C13H14BrFN6O3S.C11H11BrFN5O2S.C8H19N.C2H4ClNO.ClH/c1-16-13(22)17-4-5-25-12-10(20-24-21-12)11(19-23)18-7-2-3-9(15)8(14)6-7;12-7-5-6(1-2-8(7)13)15-10(16-19)9-11(18-20-17-9)21-4-3-14;1-6-9(7(2)3)8(4)5;1-4-2(3)5;/h2-3,6,23H,4-5H2,1H3,(H,18,19)(H2,16,17,22);1-2,5,19H,3-4,14H2,(H,15,16);7-8H,6H2,1-5H3;1H3,(H,4,5);1H. The van der Waals surface area contributed by atoms with E-state index < -0.39 is 17.0 Å². The van der Waals surface area contributed by atoms with E-state index in [1.54, 1.807) is 0 Å². The van der Waals surface area contributed by atoms with E-state index in [1.807, 2.05) is 11.0 Å². The summed E-state index contributed by atoms with van der Waals surface area (Å²) in [6.07, 6.45) is 0. The molecule has 2 aromatic heterocycles. The van der Waals surface area contributed by atoms with E-state index in [1.165, 1.54) is 74.0 Å². The molecule has 10 N–H and O–H groups in total. The first-order chi connectivity index (χ1) is 28.6. The van der Waals surface area contributed by atoms with Gasteiger partial charge in [-0.15, -0.1) is 0 Å². The molecule has 4 rings (SSSR count). The Hall–Kier alpha value is -3.66. The number of aliphatic imine (C=N–C) groups is 2. The van der Waals surface area contributed by atoms with Crippen molar-refractivity contribution >= 4 is 101 Å². The lowest BCUT2D eigenvalue weighted by Gasteiger charge is -2.28. The van der Waals surface area contributed by atoms with Gasteiger partial charge >= 0.3 is 11.4 Å². The summed E-state index contributed by atoms with van der Waals surface area (Å²) in [6, 6.07) is 9.41. The lowest BCUT2D eigenvalue weighted by molar-refractivity contribution is -0.360. The molecule has 27 heteroatoms. The normalized spacial score (nSPS) is 11.0. The van der Waals surface area contributed by atoms with Gasteiger partial charge in [0.1, 0.15) is 11.6 Å². The minimum Gasteiger partial charge on any atom is -1.00 e. The highest BCUT2D eigenvalue weighted by Gasteiger charge is 2.19. The van der Waals surface area contributed by atoms with Crippen molar-refractivity contribution in [2.24, 2.45) is 9.98 Å². The average molecular weight is 1070 g/mol. The summed E-state index contributed by atoms with van der Waals surface area (Å²) in [5.74, 6) is 0.433. The van der Waals surface area contributed by atoms with E-state index in [2.05, 4.69) is 133 Å². The Bertz CT molecular complexity index is 1960. The number of nitrogens with zero attached hydrogens (tertiary/aromatic N) is 7. The van der Waals surface area contributed by atoms with Crippen LogP contribution in [0.15, 0.2) is 74.6 Å². The monoisotopic (exact) mass is 1070 g/mol. The molecular weight excluding hydrogens is 1020 g/mol. The number of quaternary nitrogens is 1. The molecule has 0 spiro atoms. The number of amidine groups is 2. The zero-order valence-electron chi connectivity index (χ0n) is 34.1. The van der Waals surface area contributed by atoms with Crippen molar-refractivity contribution in [1.82, 2.24) is 52.4 Å². The Balaban J connectivity index is 0.000000898. The van der Waals surface area contributed by atoms with Gasteiger partial charge in [-0.2, -0.15) is 0 Å². The Labute approximate surface area is 388 Å². The van der Waals surface area contributed by atoms with Gasteiger partial charge in [0.25, 0.3) is 0 Å². The number of halogens is 6. The van der Waals surface area contributed by atoms with E-state index in [4.69, 9.17) is 11.6 Å². The third kappa shape index (κ3) is 21.8. The molecule has 19 nitrogen and oxygen atoms in total. The molecule has 3 amide bonds. The summed E-state index contributed by atoms with van der Waals surface area (Å²) >= 11 is 13.5. The van der Waals surface area contributed by atoms with E-state index in [0.29, 0.717) is 52.4 Å². The first-order valence-corrected chi connectivity index (χ1v) is 21.7. The van der Waals surface area contributed by atoms with Crippen LogP contribution in [0.2, 0.25) is 0 Å². The van der Waals surface area contributed by atoms with Crippen molar-refractivity contribution in [3.05, 3.63) is 68.4 Å². The number of nitrogens with one attached hydrogen (secondary N) is 5. The molecule has 0 saturated carbocycles. The highest BCUT2D eigenvalue weighted by atomic mass is 79.9. The summed E-state index contributed by atoms with van der Waals surface area (Å²) in [5, 5.41) is 41.0. The maximum absolute atomic E-state index is 13.3. The van der Waals surface area contributed by atoms with Gasteiger partial charge in [-0.25, -0.2) is 32.8 Å². The van der Waals surface area contributed by atoms with Gasteiger partial charge < -0.3 is 34.1 Å². The van der Waals surface area contributed by atoms with Gasteiger partial charge in [0.15, 0.2) is 33.1 Å². The molecule has 0 saturated heterocycles. The van der Waals surface area contributed by atoms with E-state index in [-0.39, 0.29) is 50.4 Å². The second-order valence-corrected chi connectivity index (χ2v) is 16.0. The van der Waals surface area contributed by atoms with Crippen molar-refractivity contribution in [2.45, 2.75) is 56.8 Å². The SMILES string of the molecule is CCN(C(C)C)C(C)C.CNC(=O)Cl.CNC(=O)NCCSc1nonc1C(=Nc1ccc(F)c(Br)c1)NO.[Cl-].[NH3+]CCSc1nonc1C(=Nc1ccc(F)c(Br)c1)NO. The van der Waals surface area contributed by atoms with Crippen molar-refractivity contribution in [2.75, 3.05) is 45.2 Å². The maximum Gasteiger partial charge on any atom is 0.314 e. The number of rotatable bonds is 14. The van der Waals surface area contributed by atoms with Gasteiger partial charge in [0.05, 0.1) is 26.9 Å². The van der Waals surface area contributed by atoms with Crippen LogP contribution >= 0.6 is 67.0 Å². The number of amides is 3. The average Bonchev–Trinajstić information content (AvgIpc) is 3.90. The van der Waals surface area contributed by atoms with Gasteiger partial charge in [0, 0.05) is 44.2 Å². The topological polar surface area (TPSA) is 268 Å². The number of carbonyl (C=O) groups excluding carboxylic acids is 2. The second kappa shape index (κ2) is 32.1. The van der Waals surface area contributed by atoms with E-state index >= 15 is 0 Å². The minimum atomic E-state index is -0.523. The molecule has 0 aliphatic rings. The van der Waals surface area contributed by atoms with E-state index in [9.17, 15) is 28.8 Å². The Morgan fingerprint density at radius 1 is 0.836 bits per heavy atom. The third-order valence-corrected chi connectivity index (χ3v) is 10.4. The smallest absolute Gasteiger partial charge is 0.314 e. The Morgan fingerprint density at radius 3 is 1.57 bits per heavy atom. The van der Waals surface area contributed by atoms with Crippen LogP contribution in [-0.4, -0.2) is 116 Å². The van der Waals surface area contributed by atoms with Crippen molar-refractivity contribution in [1.29, 1.82) is 0 Å². The number of aromatic nitrogens is 4. The third-order valence-electron chi connectivity index (χ3n) is 6.99. The van der Waals surface area contributed by atoms with Crippen LogP contribution in [0.3, 0.4) is 0 Å². The van der Waals surface area contributed by atoms with Gasteiger partial charge in [-0.1, -0.05) is 30.4 Å². The first-order valence-electron chi connectivity index (χ1n) is 17.7. The molecular formula is C34H49Br2Cl2F2N13O6S2. The number of benzene rings is 2. The van der Waals surface area contributed by atoms with Gasteiger partial charge in [-0.05, 0) is 135 Å². The minimum absolute atomic E-state index is 0. The van der Waals surface area contributed by atoms with Crippen LogP contribution < -0.4 is 45.1 Å². The molecule has 0 atom stereocenters. The van der Waals surface area contributed by atoms with Gasteiger partial charge in [0.2, 0.25) is 0 Å². The molecule has 0 radical (unpaired) electrons. The molecule has 4 aromatic rings. The number of thioether (sulfide) groups is 2. The molecule has 2 aromatic carbocycles. The number of carbonyl (C=O) groups is 2. The van der Waals surface area contributed by atoms with E-state index in [0.717, 1.165) is 12.3 Å². The Kier molecular flexibility index (Phi) is 30.2. The van der Waals surface area contributed by atoms with Crippen LogP contribution in [0, 0.1) is 11.6 Å². The lowest BCUT2D eigenvalue weighted by atomic mass is 10.2. The summed E-state index contributed by atoms with van der Waals surface area (Å²) < 4.78 is 36.3. The quantitative estimate of drug-likeness (QED) is 0.0172. The van der Waals surface area contributed by atoms with Crippen molar-refractivity contribution < 1.29 is 56.2 Å². The fraction of sp³-hybridized carbons (Fsp3) is 0.412. The molecule has 0 fully saturated rings. The fourth-order valence-electron chi connectivity index (χ4n) is 4.36. The van der Waals surface area contributed by atoms with Crippen LogP contribution in [0.4, 0.5) is 29.7 Å². The predicted molar refractivity (Wildman–Crippen MR) is 234 cm³/mol. The largest absolute Gasteiger partial charge is 1.00 e. The highest BCUT2D eigenvalue weighted by molar-refractivity contribution is 9.10. The molecule has 340 valence electrons. The summed E-state index contributed by atoms with van der Waals surface area (Å²) in [6.45, 7) is 13.4. The number of hydrogen-bond donors (Lipinski definition) is 8. The molecule has 0 unspecified atom stereocenters. The lowest BCUT2D eigenvalue weighted by Crippen LogP contribution is -3.00. The zero-order chi connectivity index (χ0) is 45.2. The maximum atomic E-state index is 13.3. The Morgan fingerprint density at radius 2 is 1.26 bits per heavy atom. The van der Waals surface area contributed by atoms with Crippen LogP contribution in [-0.2, 0) is 0 Å². The van der Waals surface area contributed by atoms with Crippen LogP contribution in [0.5, 0.6) is 0 Å². The number of hydroxylamine groups is 2. The second-order valence-electron chi connectivity index (χ2n) is 11.8. The zero-order valence-corrected chi connectivity index (χ0v) is 40.4. The number of hydrogen-bond acceptors (Lipinski definition) is 15. The molecule has 0 aliphatic carbocycles. The molecule has 0 aliphatic heterocycles. The summed E-state index contributed by atoms with van der Waals surface area (Å²) in [4.78, 5) is 31.3. The van der Waals surface area contributed by atoms with Crippen molar-refractivity contribution in [3.63, 3.8) is 0 Å². The summed E-state index contributed by atoms with van der Waals surface area (Å²) in [5.41, 5.74) is 8.88. The summed E-state index contributed by atoms with van der Waals surface area (Å²) in [7, 11) is 2.99.